The molecule has 0 heterocycles. The molecular formula is C13H25N. The first kappa shape index (κ1) is 15.6. The molecule has 0 saturated heterocycles. The molecule has 14 heavy (non-hydrogen) atoms. The Bertz CT molecular complexity index is 170. The zero-order chi connectivity index (χ0) is 11.2. The fraction of sp³-hybridized carbons (Fsp3) is 0.538. The lowest BCUT2D eigenvalue weighted by molar-refractivity contribution is 0.727. The van der Waals surface area contributed by atoms with Crippen molar-refractivity contribution in [3.05, 3.63) is 35.9 Å². The van der Waals surface area contributed by atoms with Crippen molar-refractivity contribution in [1.29, 1.82) is 0 Å². The summed E-state index contributed by atoms with van der Waals surface area (Å²) in [5.41, 5.74) is 1.35. The number of hydrogen-bond donors (Lipinski definition) is 1. The van der Waals surface area contributed by atoms with E-state index < -0.39 is 0 Å². The summed E-state index contributed by atoms with van der Waals surface area (Å²) in [6.07, 6.45) is 0. The molecule has 1 aromatic carbocycles. The average molecular weight is 195 g/mol. The lowest BCUT2D eigenvalue weighted by atomic mass is 10.2. The summed E-state index contributed by atoms with van der Waals surface area (Å²) in [5.74, 6) is 0. The summed E-state index contributed by atoms with van der Waals surface area (Å²) in [6, 6.07) is 10.4. The van der Waals surface area contributed by atoms with Gasteiger partial charge in [-0.25, -0.2) is 0 Å². The van der Waals surface area contributed by atoms with Crippen LogP contribution in [-0.4, -0.2) is 6.54 Å². The van der Waals surface area contributed by atoms with Crippen LogP contribution in [0.3, 0.4) is 0 Å². The van der Waals surface area contributed by atoms with Gasteiger partial charge in [0.1, 0.15) is 0 Å². The average Bonchev–Trinajstić information content (AvgIpc) is 2.33. The molecule has 0 amide bonds. The quantitative estimate of drug-likeness (QED) is 0.772. The number of hydrogen-bond acceptors (Lipinski definition) is 1. The third kappa shape index (κ3) is 9.27. The minimum Gasteiger partial charge on any atom is -0.313 e. The van der Waals surface area contributed by atoms with Crippen LogP contribution in [0.2, 0.25) is 0 Å². The molecule has 0 fully saturated rings. The molecule has 0 aliphatic rings. The Balaban J connectivity index is 0. The van der Waals surface area contributed by atoms with Gasteiger partial charge in [0.15, 0.2) is 0 Å². The van der Waals surface area contributed by atoms with E-state index in [0.29, 0.717) is 0 Å². The summed E-state index contributed by atoms with van der Waals surface area (Å²) in [6.45, 7) is 12.1. The van der Waals surface area contributed by atoms with Crippen molar-refractivity contribution in [1.82, 2.24) is 5.32 Å². The van der Waals surface area contributed by atoms with E-state index in [4.69, 9.17) is 0 Å². The Morgan fingerprint density at radius 2 is 1.43 bits per heavy atom. The first-order valence-corrected chi connectivity index (χ1v) is 5.68. The lowest BCUT2D eigenvalue weighted by Gasteiger charge is -1.99. The molecule has 1 nitrogen and oxygen atoms in total. The second-order valence-electron chi connectivity index (χ2n) is 2.27. The van der Waals surface area contributed by atoms with Crippen LogP contribution >= 0.6 is 0 Å². The monoisotopic (exact) mass is 195 g/mol. The second kappa shape index (κ2) is 14.7. The predicted octanol–water partition coefficient (Wildman–Crippen LogP) is 3.85. The van der Waals surface area contributed by atoms with Gasteiger partial charge in [-0.05, 0) is 12.1 Å². The maximum Gasteiger partial charge on any atom is 0.0205 e. The molecule has 0 radical (unpaired) electrons. The molecule has 0 aromatic heterocycles. The molecule has 1 aromatic rings. The van der Waals surface area contributed by atoms with Crippen molar-refractivity contribution < 1.29 is 0 Å². The van der Waals surface area contributed by atoms with Crippen molar-refractivity contribution in [3.63, 3.8) is 0 Å². The molecule has 0 bridgehead atoms. The van der Waals surface area contributed by atoms with Gasteiger partial charge < -0.3 is 5.32 Å². The van der Waals surface area contributed by atoms with Crippen LogP contribution in [0.4, 0.5) is 0 Å². The van der Waals surface area contributed by atoms with Crippen molar-refractivity contribution in [2.24, 2.45) is 0 Å². The first-order valence-electron chi connectivity index (χ1n) is 5.68. The molecule has 0 atom stereocenters. The van der Waals surface area contributed by atoms with E-state index in [-0.39, 0.29) is 0 Å². The van der Waals surface area contributed by atoms with Crippen LogP contribution in [0.5, 0.6) is 0 Å². The SMILES string of the molecule is CC.CC.CCNCc1ccccc1. The van der Waals surface area contributed by atoms with Crippen molar-refractivity contribution >= 4 is 0 Å². The Hall–Kier alpha value is -0.820. The molecule has 1 rings (SSSR count). The van der Waals surface area contributed by atoms with E-state index in [1.807, 2.05) is 33.8 Å². The van der Waals surface area contributed by atoms with Gasteiger partial charge in [0.25, 0.3) is 0 Å². The Morgan fingerprint density at radius 3 is 1.86 bits per heavy atom. The zero-order valence-corrected chi connectivity index (χ0v) is 10.3. The molecule has 1 heteroatoms. The first-order chi connectivity index (χ1) is 6.93. The van der Waals surface area contributed by atoms with E-state index in [1.54, 1.807) is 0 Å². The number of nitrogens with one attached hydrogen (secondary N) is 1. The van der Waals surface area contributed by atoms with Gasteiger partial charge >= 0.3 is 0 Å². The Morgan fingerprint density at radius 1 is 0.929 bits per heavy atom. The fourth-order valence-electron chi connectivity index (χ4n) is 0.865. The maximum atomic E-state index is 3.26. The van der Waals surface area contributed by atoms with Crippen molar-refractivity contribution in [2.75, 3.05) is 6.54 Å². The van der Waals surface area contributed by atoms with Crippen molar-refractivity contribution in [2.45, 2.75) is 41.2 Å². The standard InChI is InChI=1S/C9H13N.2C2H6/c1-2-10-8-9-6-4-3-5-7-9;2*1-2/h3-7,10H,2,8H2,1H3;2*1-2H3. The molecule has 82 valence electrons. The van der Waals surface area contributed by atoms with Crippen LogP contribution in [0.15, 0.2) is 30.3 Å². The largest absolute Gasteiger partial charge is 0.313 e. The van der Waals surface area contributed by atoms with E-state index >= 15 is 0 Å². The van der Waals surface area contributed by atoms with Crippen LogP contribution in [-0.2, 0) is 6.54 Å². The van der Waals surface area contributed by atoms with Gasteiger partial charge in [-0.2, -0.15) is 0 Å². The molecule has 0 spiro atoms. The van der Waals surface area contributed by atoms with Gasteiger partial charge in [0.2, 0.25) is 0 Å². The highest BCUT2D eigenvalue weighted by molar-refractivity contribution is 5.14. The predicted molar refractivity (Wildman–Crippen MR) is 66.5 cm³/mol. The van der Waals surface area contributed by atoms with Gasteiger partial charge in [0, 0.05) is 6.54 Å². The summed E-state index contributed by atoms with van der Waals surface area (Å²) < 4.78 is 0. The van der Waals surface area contributed by atoms with Gasteiger partial charge in [-0.1, -0.05) is 65.0 Å². The third-order valence-electron chi connectivity index (χ3n) is 1.42. The highest BCUT2D eigenvalue weighted by Gasteiger charge is 1.85. The van der Waals surface area contributed by atoms with E-state index in [1.165, 1.54) is 5.56 Å². The van der Waals surface area contributed by atoms with Gasteiger partial charge in [-0.3, -0.25) is 0 Å². The highest BCUT2D eigenvalue weighted by Crippen LogP contribution is 1.96. The van der Waals surface area contributed by atoms with E-state index in [9.17, 15) is 0 Å². The smallest absolute Gasteiger partial charge is 0.0205 e. The Kier molecular flexibility index (Phi) is 16.4. The van der Waals surface area contributed by atoms with Crippen LogP contribution in [0, 0.1) is 0 Å². The molecule has 0 aliphatic heterocycles. The summed E-state index contributed by atoms with van der Waals surface area (Å²) in [5, 5.41) is 3.26. The molecule has 0 unspecified atom stereocenters. The van der Waals surface area contributed by atoms with Crippen LogP contribution in [0.25, 0.3) is 0 Å². The minimum atomic E-state index is 0.983. The molecular weight excluding hydrogens is 170 g/mol. The van der Waals surface area contributed by atoms with E-state index in [2.05, 4.69) is 36.5 Å². The summed E-state index contributed by atoms with van der Waals surface area (Å²) >= 11 is 0. The lowest BCUT2D eigenvalue weighted by Crippen LogP contribution is -2.11. The number of benzene rings is 1. The second-order valence-corrected chi connectivity index (χ2v) is 2.27. The minimum absolute atomic E-state index is 0.983. The van der Waals surface area contributed by atoms with Crippen LogP contribution in [0.1, 0.15) is 40.2 Å². The third-order valence-corrected chi connectivity index (χ3v) is 1.42. The van der Waals surface area contributed by atoms with Crippen LogP contribution < -0.4 is 5.32 Å². The Labute approximate surface area is 89.5 Å². The topological polar surface area (TPSA) is 12.0 Å². The highest BCUT2D eigenvalue weighted by atomic mass is 14.8. The summed E-state index contributed by atoms with van der Waals surface area (Å²) in [4.78, 5) is 0. The number of rotatable bonds is 3. The normalized spacial score (nSPS) is 7.79. The van der Waals surface area contributed by atoms with Gasteiger partial charge in [0.05, 0.1) is 0 Å². The molecule has 0 aliphatic carbocycles. The zero-order valence-electron chi connectivity index (χ0n) is 10.3. The van der Waals surface area contributed by atoms with E-state index in [0.717, 1.165) is 13.1 Å². The van der Waals surface area contributed by atoms with Crippen molar-refractivity contribution in [3.8, 4) is 0 Å². The molecule has 0 saturated carbocycles. The fourth-order valence-corrected chi connectivity index (χ4v) is 0.865. The molecule has 1 N–H and O–H groups in total. The summed E-state index contributed by atoms with van der Waals surface area (Å²) in [7, 11) is 0. The maximum absolute atomic E-state index is 3.26. The van der Waals surface area contributed by atoms with Gasteiger partial charge in [-0.15, -0.1) is 0 Å².